The van der Waals surface area contributed by atoms with E-state index in [1.54, 1.807) is 0 Å². The van der Waals surface area contributed by atoms with Crippen LogP contribution in [0.1, 0.15) is 39.0 Å². The lowest BCUT2D eigenvalue weighted by atomic mass is 9.95. The molecule has 0 aromatic carbocycles. The smallest absolute Gasteiger partial charge is 0.0331 e. The van der Waals surface area contributed by atoms with Crippen LogP contribution in [0.3, 0.4) is 0 Å². The zero-order chi connectivity index (χ0) is 12.0. The molecule has 0 spiro atoms. The maximum atomic E-state index is 6.02. The fraction of sp³-hybridized carbons (Fsp3) is 1.00. The predicted molar refractivity (Wildman–Crippen MR) is 70.7 cm³/mol. The fourth-order valence-corrected chi connectivity index (χ4v) is 2.99. The van der Waals surface area contributed by atoms with Crippen LogP contribution >= 0.6 is 0 Å². The van der Waals surface area contributed by atoms with Crippen LogP contribution in [0.15, 0.2) is 0 Å². The van der Waals surface area contributed by atoms with Gasteiger partial charge in [-0.25, -0.2) is 0 Å². The quantitative estimate of drug-likeness (QED) is 0.716. The van der Waals surface area contributed by atoms with Crippen molar-refractivity contribution >= 4 is 0 Å². The molecule has 0 heterocycles. The Kier molecular flexibility index (Phi) is 5.73. The molecule has 3 nitrogen and oxygen atoms in total. The Morgan fingerprint density at radius 3 is 2.19 bits per heavy atom. The third kappa shape index (κ3) is 3.44. The molecule has 1 aliphatic rings. The van der Waals surface area contributed by atoms with E-state index in [9.17, 15) is 0 Å². The molecule has 2 N–H and O–H groups in total. The minimum absolute atomic E-state index is 0.334. The highest BCUT2D eigenvalue weighted by Gasteiger charge is 2.36. The SMILES string of the molecule is CCN(CCCN(C)C)C1(CN)CCCC1. The predicted octanol–water partition coefficient (Wildman–Crippen LogP) is 1.53. The fourth-order valence-electron chi connectivity index (χ4n) is 2.99. The number of hydrogen-bond acceptors (Lipinski definition) is 3. The molecule has 1 saturated carbocycles. The van der Waals surface area contributed by atoms with Gasteiger partial charge in [0.25, 0.3) is 0 Å². The number of nitrogens with two attached hydrogens (primary N) is 1. The van der Waals surface area contributed by atoms with Crippen molar-refractivity contribution in [3.63, 3.8) is 0 Å². The molecule has 0 aliphatic heterocycles. The number of rotatable bonds is 7. The van der Waals surface area contributed by atoms with Crippen molar-refractivity contribution in [2.45, 2.75) is 44.6 Å². The molecule has 1 rings (SSSR count). The van der Waals surface area contributed by atoms with Crippen molar-refractivity contribution in [1.82, 2.24) is 9.80 Å². The van der Waals surface area contributed by atoms with Crippen molar-refractivity contribution in [3.05, 3.63) is 0 Å². The molecule has 0 amide bonds. The third-order valence-electron chi connectivity index (χ3n) is 4.00. The minimum Gasteiger partial charge on any atom is -0.329 e. The highest BCUT2D eigenvalue weighted by molar-refractivity contribution is 4.95. The second kappa shape index (κ2) is 6.58. The van der Waals surface area contributed by atoms with Gasteiger partial charge >= 0.3 is 0 Å². The minimum atomic E-state index is 0.334. The zero-order valence-electron chi connectivity index (χ0n) is 11.3. The summed E-state index contributed by atoms with van der Waals surface area (Å²) in [5, 5.41) is 0. The van der Waals surface area contributed by atoms with Crippen molar-refractivity contribution in [2.75, 3.05) is 40.3 Å². The number of nitrogens with zero attached hydrogens (tertiary/aromatic N) is 2. The van der Waals surface area contributed by atoms with Crippen molar-refractivity contribution in [2.24, 2.45) is 5.73 Å². The summed E-state index contributed by atoms with van der Waals surface area (Å²) in [6, 6.07) is 0. The third-order valence-corrected chi connectivity index (χ3v) is 4.00. The first kappa shape index (κ1) is 13.9. The van der Waals surface area contributed by atoms with Crippen molar-refractivity contribution in [3.8, 4) is 0 Å². The van der Waals surface area contributed by atoms with E-state index in [1.807, 2.05) is 0 Å². The van der Waals surface area contributed by atoms with Crippen LogP contribution < -0.4 is 5.73 Å². The molecule has 0 bridgehead atoms. The summed E-state index contributed by atoms with van der Waals surface area (Å²) in [5.41, 5.74) is 6.36. The van der Waals surface area contributed by atoms with Gasteiger partial charge in [-0.2, -0.15) is 0 Å². The summed E-state index contributed by atoms with van der Waals surface area (Å²) in [6.07, 6.45) is 6.59. The van der Waals surface area contributed by atoms with Crippen LogP contribution in [0, 0.1) is 0 Å². The molecule has 1 aliphatic carbocycles. The van der Waals surface area contributed by atoms with Gasteiger partial charge in [-0.1, -0.05) is 19.8 Å². The van der Waals surface area contributed by atoms with E-state index in [1.165, 1.54) is 45.2 Å². The standard InChI is InChI=1S/C13H29N3/c1-4-16(11-7-10-15(2)3)13(12-14)8-5-6-9-13/h4-12,14H2,1-3H3. The molecule has 3 heteroatoms. The largest absolute Gasteiger partial charge is 0.329 e. The molecular weight excluding hydrogens is 198 g/mol. The summed E-state index contributed by atoms with van der Waals surface area (Å²) in [5.74, 6) is 0. The molecule has 0 radical (unpaired) electrons. The first-order valence-electron chi connectivity index (χ1n) is 6.74. The average molecular weight is 227 g/mol. The summed E-state index contributed by atoms with van der Waals surface area (Å²) in [6.45, 7) is 6.63. The van der Waals surface area contributed by atoms with E-state index in [-0.39, 0.29) is 0 Å². The van der Waals surface area contributed by atoms with E-state index in [4.69, 9.17) is 5.73 Å². The Labute approximate surface area is 101 Å². The number of hydrogen-bond donors (Lipinski definition) is 1. The molecule has 0 saturated heterocycles. The Morgan fingerprint density at radius 2 is 1.75 bits per heavy atom. The van der Waals surface area contributed by atoms with Crippen molar-refractivity contribution < 1.29 is 0 Å². The zero-order valence-corrected chi connectivity index (χ0v) is 11.3. The highest BCUT2D eigenvalue weighted by Crippen LogP contribution is 2.34. The molecule has 0 aromatic heterocycles. The first-order valence-corrected chi connectivity index (χ1v) is 6.74. The van der Waals surface area contributed by atoms with Gasteiger partial charge in [0, 0.05) is 12.1 Å². The van der Waals surface area contributed by atoms with E-state index in [0.29, 0.717) is 5.54 Å². The normalized spacial score (nSPS) is 19.9. The Hall–Kier alpha value is -0.120. The molecule has 96 valence electrons. The highest BCUT2D eigenvalue weighted by atomic mass is 15.2. The molecule has 1 fully saturated rings. The number of likely N-dealkylation sites (N-methyl/N-ethyl adjacent to an activating group) is 1. The second-order valence-electron chi connectivity index (χ2n) is 5.37. The van der Waals surface area contributed by atoms with E-state index in [2.05, 4.69) is 30.8 Å². The Morgan fingerprint density at radius 1 is 1.12 bits per heavy atom. The maximum absolute atomic E-state index is 6.02. The van der Waals surface area contributed by atoms with Gasteiger partial charge in [-0.05, 0) is 53.0 Å². The van der Waals surface area contributed by atoms with Gasteiger partial charge in [-0.15, -0.1) is 0 Å². The lowest BCUT2D eigenvalue weighted by molar-refractivity contribution is 0.101. The van der Waals surface area contributed by atoms with Gasteiger partial charge in [-0.3, -0.25) is 4.90 Å². The van der Waals surface area contributed by atoms with Gasteiger partial charge in [0.2, 0.25) is 0 Å². The maximum Gasteiger partial charge on any atom is 0.0331 e. The van der Waals surface area contributed by atoms with Gasteiger partial charge in [0.1, 0.15) is 0 Å². The Bertz CT molecular complexity index is 186. The lowest BCUT2D eigenvalue weighted by Gasteiger charge is -2.40. The van der Waals surface area contributed by atoms with Crippen LogP contribution in [-0.2, 0) is 0 Å². The summed E-state index contributed by atoms with van der Waals surface area (Å²) >= 11 is 0. The lowest BCUT2D eigenvalue weighted by Crippen LogP contribution is -2.52. The van der Waals surface area contributed by atoms with Crippen LogP contribution in [0.4, 0.5) is 0 Å². The summed E-state index contributed by atoms with van der Waals surface area (Å²) < 4.78 is 0. The van der Waals surface area contributed by atoms with E-state index >= 15 is 0 Å². The van der Waals surface area contributed by atoms with Gasteiger partial charge in [0.15, 0.2) is 0 Å². The summed E-state index contributed by atoms with van der Waals surface area (Å²) in [7, 11) is 4.29. The summed E-state index contributed by atoms with van der Waals surface area (Å²) in [4.78, 5) is 4.89. The van der Waals surface area contributed by atoms with Crippen LogP contribution in [0.2, 0.25) is 0 Å². The van der Waals surface area contributed by atoms with E-state index < -0.39 is 0 Å². The molecule has 0 atom stereocenters. The molecule has 16 heavy (non-hydrogen) atoms. The Balaban J connectivity index is 2.44. The monoisotopic (exact) mass is 227 g/mol. The van der Waals surface area contributed by atoms with Crippen molar-refractivity contribution in [1.29, 1.82) is 0 Å². The second-order valence-corrected chi connectivity index (χ2v) is 5.37. The topological polar surface area (TPSA) is 32.5 Å². The van der Waals surface area contributed by atoms with Crippen LogP contribution in [-0.4, -0.2) is 55.6 Å². The van der Waals surface area contributed by atoms with Gasteiger partial charge < -0.3 is 10.6 Å². The van der Waals surface area contributed by atoms with Gasteiger partial charge in [0.05, 0.1) is 0 Å². The molecule has 0 unspecified atom stereocenters. The first-order chi connectivity index (χ1) is 7.64. The average Bonchev–Trinajstić information content (AvgIpc) is 2.73. The van der Waals surface area contributed by atoms with Crippen LogP contribution in [0.5, 0.6) is 0 Å². The van der Waals surface area contributed by atoms with Crippen LogP contribution in [0.25, 0.3) is 0 Å². The molecular formula is C13H29N3. The molecule has 0 aromatic rings. The van der Waals surface area contributed by atoms with E-state index in [0.717, 1.165) is 13.1 Å².